The van der Waals surface area contributed by atoms with E-state index in [0.717, 1.165) is 28.0 Å². The van der Waals surface area contributed by atoms with Gasteiger partial charge in [0.15, 0.2) is 0 Å². The van der Waals surface area contributed by atoms with Crippen LogP contribution in [0.5, 0.6) is 0 Å². The van der Waals surface area contributed by atoms with Crippen molar-refractivity contribution < 1.29 is 8.42 Å². The zero-order valence-electron chi connectivity index (χ0n) is 18.3. The normalized spacial score (nSPS) is 15.0. The summed E-state index contributed by atoms with van der Waals surface area (Å²) in [5, 5.41) is 5.26. The van der Waals surface area contributed by atoms with Gasteiger partial charge >= 0.3 is 0 Å². The third-order valence-corrected chi connectivity index (χ3v) is 7.66. The van der Waals surface area contributed by atoms with Crippen LogP contribution in [0.25, 0.3) is 10.8 Å². The van der Waals surface area contributed by atoms with E-state index >= 15 is 0 Å². The number of rotatable bonds is 5. The van der Waals surface area contributed by atoms with Gasteiger partial charge in [-0.25, -0.2) is 13.4 Å². The number of piperazine rings is 1. The largest absolute Gasteiger partial charge is 0.340 e. The summed E-state index contributed by atoms with van der Waals surface area (Å²) in [7, 11) is -3.56. The number of hydrogen-bond acceptors (Lipinski definition) is 6. The highest BCUT2D eigenvalue weighted by Crippen LogP contribution is 2.24. The number of aryl methyl sites for hydroxylation is 1. The van der Waals surface area contributed by atoms with Crippen LogP contribution >= 0.6 is 0 Å². The Morgan fingerprint density at radius 2 is 1.48 bits per heavy atom. The van der Waals surface area contributed by atoms with Crippen LogP contribution in [0.2, 0.25) is 0 Å². The molecule has 1 aliphatic rings. The molecule has 4 aromatic rings. The molecule has 1 saturated heterocycles. The molecule has 0 unspecified atom stereocenters. The van der Waals surface area contributed by atoms with Crippen molar-refractivity contribution in [2.45, 2.75) is 11.8 Å². The summed E-state index contributed by atoms with van der Waals surface area (Å²) in [6.45, 7) is 3.76. The third-order valence-electron chi connectivity index (χ3n) is 5.77. The lowest BCUT2D eigenvalue weighted by molar-refractivity contribution is 0.382. The fourth-order valence-corrected chi connectivity index (χ4v) is 5.49. The van der Waals surface area contributed by atoms with Crippen molar-refractivity contribution in [3.8, 4) is 0 Å². The quantitative estimate of drug-likeness (QED) is 0.482. The van der Waals surface area contributed by atoms with Gasteiger partial charge in [0.05, 0.1) is 4.90 Å². The zero-order valence-corrected chi connectivity index (χ0v) is 19.2. The molecule has 0 radical (unpaired) electrons. The Labute approximate surface area is 193 Å². The minimum atomic E-state index is -3.56. The highest BCUT2D eigenvalue weighted by atomic mass is 32.2. The molecule has 0 spiro atoms. The zero-order chi connectivity index (χ0) is 22.8. The lowest BCUT2D eigenvalue weighted by atomic mass is 10.1. The van der Waals surface area contributed by atoms with Gasteiger partial charge in [-0.2, -0.15) is 9.29 Å². The summed E-state index contributed by atoms with van der Waals surface area (Å²) < 4.78 is 28.1. The summed E-state index contributed by atoms with van der Waals surface area (Å²) in [6.07, 6.45) is 0. The molecule has 1 aromatic heterocycles. The van der Waals surface area contributed by atoms with Gasteiger partial charge in [0.1, 0.15) is 5.82 Å². The topological polar surface area (TPSA) is 78.4 Å². The first-order valence-corrected chi connectivity index (χ1v) is 12.3. The first-order valence-electron chi connectivity index (χ1n) is 10.9. The average molecular weight is 460 g/mol. The van der Waals surface area contributed by atoms with E-state index in [9.17, 15) is 8.42 Å². The maximum absolute atomic E-state index is 13.3. The van der Waals surface area contributed by atoms with Gasteiger partial charge in [-0.15, -0.1) is 0 Å². The fraction of sp³-hybridized carbons (Fsp3) is 0.200. The van der Waals surface area contributed by atoms with E-state index in [1.807, 2.05) is 78.6 Å². The Hall–Kier alpha value is -3.49. The Morgan fingerprint density at radius 1 is 0.788 bits per heavy atom. The fourth-order valence-electron chi connectivity index (χ4n) is 4.03. The van der Waals surface area contributed by atoms with E-state index in [1.165, 1.54) is 0 Å². The van der Waals surface area contributed by atoms with Gasteiger partial charge < -0.3 is 10.2 Å². The summed E-state index contributed by atoms with van der Waals surface area (Å²) in [5.74, 6) is 1.33. The molecule has 7 nitrogen and oxygen atoms in total. The van der Waals surface area contributed by atoms with Crippen LogP contribution in [0.15, 0.2) is 83.8 Å². The van der Waals surface area contributed by atoms with E-state index < -0.39 is 10.0 Å². The molecular formula is C25H25N5O2S. The number of fused-ring (bicyclic) bond motifs is 1. The molecule has 1 N–H and O–H groups in total. The Kier molecular flexibility index (Phi) is 5.70. The predicted octanol–water partition coefficient (Wildman–Crippen LogP) is 4.19. The van der Waals surface area contributed by atoms with Crippen molar-refractivity contribution in [2.75, 3.05) is 36.4 Å². The summed E-state index contributed by atoms with van der Waals surface area (Å²) in [5.41, 5.74) is 1.80. The van der Waals surface area contributed by atoms with E-state index in [4.69, 9.17) is 0 Å². The molecule has 168 valence electrons. The molecule has 1 aliphatic heterocycles. The number of nitrogens with one attached hydrogen (secondary N) is 1. The van der Waals surface area contributed by atoms with Gasteiger partial charge in [-0.05, 0) is 42.0 Å². The SMILES string of the molecule is Cc1cc(Nc2ccccc2)nc(N2CCN(S(=O)(=O)c3ccc4ccccc4c3)CC2)n1. The molecule has 0 atom stereocenters. The van der Waals surface area contributed by atoms with Gasteiger partial charge in [0.25, 0.3) is 0 Å². The van der Waals surface area contributed by atoms with Crippen molar-refractivity contribution in [1.82, 2.24) is 14.3 Å². The van der Waals surface area contributed by atoms with Crippen LogP contribution in [0.3, 0.4) is 0 Å². The number of para-hydroxylation sites is 1. The van der Waals surface area contributed by atoms with Crippen LogP contribution in [0.4, 0.5) is 17.5 Å². The first-order chi connectivity index (χ1) is 16.0. The summed E-state index contributed by atoms with van der Waals surface area (Å²) in [6, 6.07) is 24.8. The van der Waals surface area contributed by atoms with Crippen molar-refractivity contribution in [1.29, 1.82) is 0 Å². The maximum Gasteiger partial charge on any atom is 0.243 e. The molecule has 0 bridgehead atoms. The number of benzene rings is 3. The van der Waals surface area contributed by atoms with Gasteiger partial charge in [-0.3, -0.25) is 0 Å². The standard InChI is InChI=1S/C25H25N5O2S/c1-19-17-24(27-22-9-3-2-4-10-22)28-25(26-19)29-13-15-30(16-14-29)33(31,32)23-12-11-20-7-5-6-8-21(20)18-23/h2-12,17-18H,13-16H2,1H3,(H,26,27,28). The van der Waals surface area contributed by atoms with Gasteiger partial charge in [0.2, 0.25) is 16.0 Å². The Bertz CT molecular complexity index is 1380. The van der Waals surface area contributed by atoms with Crippen LogP contribution in [-0.4, -0.2) is 48.9 Å². The van der Waals surface area contributed by atoms with Gasteiger partial charge in [-0.1, -0.05) is 48.5 Å². The smallest absolute Gasteiger partial charge is 0.243 e. The van der Waals surface area contributed by atoms with Crippen molar-refractivity contribution >= 4 is 38.2 Å². The second-order valence-corrected chi connectivity index (χ2v) is 10.0. The molecule has 0 aliphatic carbocycles. The van der Waals surface area contributed by atoms with Crippen LogP contribution in [-0.2, 0) is 10.0 Å². The van der Waals surface area contributed by atoms with Crippen LogP contribution in [0, 0.1) is 6.92 Å². The summed E-state index contributed by atoms with van der Waals surface area (Å²) >= 11 is 0. The van der Waals surface area contributed by atoms with Crippen molar-refractivity contribution in [3.05, 3.63) is 84.6 Å². The van der Waals surface area contributed by atoms with Crippen molar-refractivity contribution in [3.63, 3.8) is 0 Å². The minimum Gasteiger partial charge on any atom is -0.340 e. The molecule has 3 aromatic carbocycles. The predicted molar refractivity (Wildman–Crippen MR) is 131 cm³/mol. The monoisotopic (exact) mass is 459 g/mol. The number of anilines is 3. The van der Waals surface area contributed by atoms with Crippen LogP contribution in [0.1, 0.15) is 5.69 Å². The lowest BCUT2D eigenvalue weighted by Gasteiger charge is -2.34. The molecule has 1 fully saturated rings. The number of aromatic nitrogens is 2. The Morgan fingerprint density at radius 3 is 2.24 bits per heavy atom. The highest BCUT2D eigenvalue weighted by molar-refractivity contribution is 7.89. The van der Waals surface area contributed by atoms with Crippen molar-refractivity contribution in [2.24, 2.45) is 0 Å². The summed E-state index contributed by atoms with van der Waals surface area (Å²) in [4.78, 5) is 11.6. The second kappa shape index (κ2) is 8.80. The Balaban J connectivity index is 1.31. The molecule has 0 amide bonds. The molecular weight excluding hydrogens is 434 g/mol. The lowest BCUT2D eigenvalue weighted by Crippen LogP contribution is -2.49. The number of nitrogens with zero attached hydrogens (tertiary/aromatic N) is 4. The molecule has 0 saturated carbocycles. The molecule has 33 heavy (non-hydrogen) atoms. The first kappa shape index (κ1) is 21.4. The van der Waals surface area contributed by atoms with E-state index in [2.05, 4.69) is 15.3 Å². The van der Waals surface area contributed by atoms with E-state index in [1.54, 1.807) is 16.4 Å². The molecule has 5 rings (SSSR count). The second-order valence-electron chi connectivity index (χ2n) is 8.09. The van der Waals surface area contributed by atoms with E-state index in [0.29, 0.717) is 37.0 Å². The maximum atomic E-state index is 13.3. The van der Waals surface area contributed by atoms with Gasteiger partial charge in [0, 0.05) is 43.6 Å². The average Bonchev–Trinajstić information content (AvgIpc) is 2.84. The highest BCUT2D eigenvalue weighted by Gasteiger charge is 2.29. The minimum absolute atomic E-state index is 0.329. The molecule has 8 heteroatoms. The van der Waals surface area contributed by atoms with Crippen LogP contribution < -0.4 is 10.2 Å². The van der Waals surface area contributed by atoms with E-state index in [-0.39, 0.29) is 0 Å². The third kappa shape index (κ3) is 4.53. The number of sulfonamides is 1. The molecule has 2 heterocycles. The number of hydrogen-bond donors (Lipinski definition) is 1.